The molecule has 0 radical (unpaired) electrons. The zero-order valence-corrected chi connectivity index (χ0v) is 16.4. The Kier molecular flexibility index (Phi) is 6.25. The second kappa shape index (κ2) is 8.83. The molecule has 2 heterocycles. The lowest BCUT2D eigenvalue weighted by Crippen LogP contribution is -2.25. The molecule has 0 atom stereocenters. The quantitative estimate of drug-likeness (QED) is 0.551. The highest BCUT2D eigenvalue weighted by molar-refractivity contribution is 7.91. The van der Waals surface area contributed by atoms with Gasteiger partial charge >= 0.3 is 0 Å². The third-order valence-electron chi connectivity index (χ3n) is 4.15. The van der Waals surface area contributed by atoms with Crippen molar-refractivity contribution in [3.8, 4) is 11.3 Å². The summed E-state index contributed by atoms with van der Waals surface area (Å²) in [6.07, 6.45) is 6.63. The number of benzene rings is 1. The van der Waals surface area contributed by atoms with Crippen LogP contribution < -0.4 is 5.32 Å². The van der Waals surface area contributed by atoms with E-state index >= 15 is 0 Å². The van der Waals surface area contributed by atoms with Crippen LogP contribution in [0.15, 0.2) is 58.5 Å². The van der Waals surface area contributed by atoms with Gasteiger partial charge in [-0.25, -0.2) is 13.4 Å². The molecule has 0 aliphatic heterocycles. The number of nitrogens with one attached hydrogen (secondary N) is 1. The molecule has 148 valence electrons. The van der Waals surface area contributed by atoms with Crippen LogP contribution in [0.25, 0.3) is 11.3 Å². The average molecular weight is 402 g/mol. The van der Waals surface area contributed by atoms with Gasteiger partial charge in [0.15, 0.2) is 21.3 Å². The molecule has 0 saturated carbocycles. The normalized spacial score (nSPS) is 11.5. The van der Waals surface area contributed by atoms with E-state index in [2.05, 4.69) is 15.5 Å². The van der Waals surface area contributed by atoms with Crippen molar-refractivity contribution in [1.29, 1.82) is 0 Å². The first-order valence-corrected chi connectivity index (χ1v) is 10.7. The Morgan fingerprint density at radius 3 is 2.71 bits per heavy atom. The van der Waals surface area contributed by atoms with Crippen molar-refractivity contribution in [2.45, 2.75) is 31.2 Å². The fraction of sp³-hybridized carbons (Fsp3) is 0.316. The van der Waals surface area contributed by atoms with Crippen LogP contribution in [0.1, 0.15) is 30.3 Å². The summed E-state index contributed by atoms with van der Waals surface area (Å²) >= 11 is 0. The summed E-state index contributed by atoms with van der Waals surface area (Å²) in [6.45, 7) is 3.09. The Bertz CT molecular complexity index is 1010. The van der Waals surface area contributed by atoms with E-state index in [4.69, 9.17) is 4.52 Å². The summed E-state index contributed by atoms with van der Waals surface area (Å²) in [5.74, 6) is 0.200. The second-order valence-corrected chi connectivity index (χ2v) is 8.44. The Morgan fingerprint density at radius 2 is 2.04 bits per heavy atom. The Labute approximate surface area is 163 Å². The SMILES string of the molecule is CCCS(=O)(=O)c1ccc(-c2cc(C(=O)NCCCn3ccnc3)no2)cc1. The lowest BCUT2D eigenvalue weighted by molar-refractivity contribution is 0.0943. The first-order chi connectivity index (χ1) is 13.5. The van der Waals surface area contributed by atoms with E-state index in [9.17, 15) is 13.2 Å². The van der Waals surface area contributed by atoms with Crippen molar-refractivity contribution >= 4 is 15.7 Å². The fourth-order valence-electron chi connectivity index (χ4n) is 2.70. The predicted octanol–water partition coefficient (Wildman–Crippen LogP) is 2.54. The minimum atomic E-state index is -3.26. The van der Waals surface area contributed by atoms with Crippen molar-refractivity contribution in [2.75, 3.05) is 12.3 Å². The van der Waals surface area contributed by atoms with Crippen molar-refractivity contribution in [3.05, 3.63) is 54.7 Å². The van der Waals surface area contributed by atoms with E-state index in [1.165, 1.54) is 0 Å². The van der Waals surface area contributed by atoms with Crippen molar-refractivity contribution < 1.29 is 17.7 Å². The van der Waals surface area contributed by atoms with Crippen LogP contribution in [0.3, 0.4) is 0 Å². The molecule has 28 heavy (non-hydrogen) atoms. The number of hydrogen-bond donors (Lipinski definition) is 1. The molecule has 0 spiro atoms. The van der Waals surface area contributed by atoms with Gasteiger partial charge in [0.1, 0.15) is 0 Å². The van der Waals surface area contributed by atoms with Gasteiger partial charge in [-0.1, -0.05) is 12.1 Å². The topological polar surface area (TPSA) is 107 Å². The van der Waals surface area contributed by atoms with Gasteiger partial charge in [-0.3, -0.25) is 4.79 Å². The number of aromatic nitrogens is 3. The van der Waals surface area contributed by atoms with Crippen LogP contribution in [0.5, 0.6) is 0 Å². The minimum absolute atomic E-state index is 0.111. The van der Waals surface area contributed by atoms with Crippen LogP contribution in [-0.2, 0) is 16.4 Å². The third kappa shape index (κ3) is 4.86. The summed E-state index contributed by atoms with van der Waals surface area (Å²) in [5.41, 5.74) is 0.836. The molecule has 0 bridgehead atoms. The third-order valence-corrected chi connectivity index (χ3v) is 6.09. The van der Waals surface area contributed by atoms with Crippen molar-refractivity contribution in [3.63, 3.8) is 0 Å². The van der Waals surface area contributed by atoms with Crippen LogP contribution in [-0.4, -0.2) is 41.3 Å². The maximum Gasteiger partial charge on any atom is 0.273 e. The van der Waals surface area contributed by atoms with Crippen LogP contribution in [0.2, 0.25) is 0 Å². The molecule has 0 aliphatic rings. The van der Waals surface area contributed by atoms with Gasteiger partial charge in [0.2, 0.25) is 0 Å². The summed E-state index contributed by atoms with van der Waals surface area (Å²) < 4.78 is 31.3. The summed E-state index contributed by atoms with van der Waals surface area (Å²) in [6, 6.07) is 7.92. The first-order valence-electron chi connectivity index (χ1n) is 9.03. The minimum Gasteiger partial charge on any atom is -0.355 e. The average Bonchev–Trinajstić information content (AvgIpc) is 3.37. The molecule has 1 amide bonds. The van der Waals surface area contributed by atoms with E-state index in [0.29, 0.717) is 24.3 Å². The van der Waals surface area contributed by atoms with E-state index in [-0.39, 0.29) is 22.2 Å². The van der Waals surface area contributed by atoms with Crippen molar-refractivity contribution in [2.24, 2.45) is 0 Å². The summed E-state index contributed by atoms with van der Waals surface area (Å²) in [7, 11) is -3.26. The number of aryl methyl sites for hydroxylation is 1. The largest absolute Gasteiger partial charge is 0.355 e. The van der Waals surface area contributed by atoms with Gasteiger partial charge in [-0.05, 0) is 37.1 Å². The number of hydrogen-bond acceptors (Lipinski definition) is 6. The van der Waals surface area contributed by atoms with E-state index in [1.807, 2.05) is 17.7 Å². The predicted molar refractivity (Wildman–Crippen MR) is 103 cm³/mol. The van der Waals surface area contributed by atoms with E-state index < -0.39 is 9.84 Å². The lowest BCUT2D eigenvalue weighted by Gasteiger charge is -2.03. The van der Waals surface area contributed by atoms with Crippen molar-refractivity contribution in [1.82, 2.24) is 20.0 Å². The molecular weight excluding hydrogens is 380 g/mol. The van der Waals surface area contributed by atoms with Gasteiger partial charge in [0.25, 0.3) is 5.91 Å². The molecule has 0 aliphatic carbocycles. The number of carbonyl (C=O) groups is 1. The van der Waals surface area contributed by atoms with Gasteiger partial charge in [-0.15, -0.1) is 0 Å². The highest BCUT2D eigenvalue weighted by atomic mass is 32.2. The number of imidazole rings is 1. The molecule has 8 nitrogen and oxygen atoms in total. The highest BCUT2D eigenvalue weighted by Gasteiger charge is 2.16. The monoisotopic (exact) mass is 402 g/mol. The molecule has 3 aromatic rings. The molecule has 0 unspecified atom stereocenters. The van der Waals surface area contributed by atoms with Gasteiger partial charge in [-0.2, -0.15) is 0 Å². The smallest absolute Gasteiger partial charge is 0.273 e. The zero-order valence-electron chi connectivity index (χ0n) is 15.5. The lowest BCUT2D eigenvalue weighted by atomic mass is 10.1. The molecule has 1 aromatic carbocycles. The molecule has 0 saturated heterocycles. The van der Waals surface area contributed by atoms with E-state index in [0.717, 1.165) is 13.0 Å². The number of nitrogens with zero attached hydrogens (tertiary/aromatic N) is 3. The number of carbonyl (C=O) groups excluding carboxylic acids is 1. The molecule has 0 fully saturated rings. The molecule has 1 N–H and O–H groups in total. The number of rotatable bonds is 9. The maximum atomic E-state index is 12.2. The van der Waals surface area contributed by atoms with Crippen LogP contribution >= 0.6 is 0 Å². The highest BCUT2D eigenvalue weighted by Crippen LogP contribution is 2.23. The summed E-state index contributed by atoms with van der Waals surface area (Å²) in [5, 5.41) is 6.60. The van der Waals surface area contributed by atoms with Crippen LogP contribution in [0.4, 0.5) is 0 Å². The molecule has 9 heteroatoms. The molecular formula is C19H22N4O4S. The van der Waals surface area contributed by atoms with Gasteiger partial charge in [0.05, 0.1) is 17.0 Å². The fourth-order valence-corrected chi connectivity index (χ4v) is 4.03. The maximum absolute atomic E-state index is 12.2. The Morgan fingerprint density at radius 1 is 1.25 bits per heavy atom. The molecule has 2 aromatic heterocycles. The number of amides is 1. The summed E-state index contributed by atoms with van der Waals surface area (Å²) in [4.78, 5) is 16.4. The Hall–Kier alpha value is -2.94. The molecule has 3 rings (SSSR count). The van der Waals surface area contributed by atoms with E-state index in [1.54, 1.807) is 42.9 Å². The zero-order chi connectivity index (χ0) is 20.0. The van der Waals surface area contributed by atoms with Crippen LogP contribution in [0, 0.1) is 0 Å². The standard InChI is InChI=1S/C19H22N4O4S/c1-2-12-28(25,26)16-6-4-15(5-7-16)18-13-17(22-27-18)19(24)21-8-3-10-23-11-9-20-14-23/h4-7,9,11,13-14H,2-3,8,10,12H2,1H3,(H,21,24). The number of sulfone groups is 1. The first kappa shape index (κ1) is 19.8. The second-order valence-electron chi connectivity index (χ2n) is 6.33. The van der Waals surface area contributed by atoms with Gasteiger partial charge < -0.3 is 14.4 Å². The Balaban J connectivity index is 1.57. The van der Waals surface area contributed by atoms with Gasteiger partial charge in [0, 0.05) is 37.1 Å².